The predicted molar refractivity (Wildman–Crippen MR) is 93.5 cm³/mol. The maximum absolute atomic E-state index is 4.22. The molecule has 0 aliphatic carbocycles. The van der Waals surface area contributed by atoms with Crippen LogP contribution in [0.4, 0.5) is 0 Å². The van der Waals surface area contributed by atoms with Gasteiger partial charge in [0, 0.05) is 11.9 Å². The predicted octanol–water partition coefficient (Wildman–Crippen LogP) is 6.68. The summed E-state index contributed by atoms with van der Waals surface area (Å²) in [7, 11) is 0. The number of hydrogen-bond acceptors (Lipinski definition) is 1. The van der Waals surface area contributed by atoms with E-state index in [4.69, 9.17) is 0 Å². The third-order valence-corrected chi connectivity index (χ3v) is 3.60. The molecule has 0 N–H and O–H groups in total. The molecule has 1 unspecified atom stereocenters. The van der Waals surface area contributed by atoms with Crippen LogP contribution in [0, 0.1) is 19.8 Å². The first-order valence-electron chi connectivity index (χ1n) is 8.36. The molecule has 1 rings (SSSR count). The summed E-state index contributed by atoms with van der Waals surface area (Å²) in [4.78, 5) is 4.22. The van der Waals surface area contributed by atoms with Gasteiger partial charge < -0.3 is 0 Å². The van der Waals surface area contributed by atoms with Crippen molar-refractivity contribution in [2.24, 2.45) is 5.92 Å². The van der Waals surface area contributed by atoms with Gasteiger partial charge in [-0.05, 0) is 42.9 Å². The minimum atomic E-state index is 0.608. The van der Waals surface area contributed by atoms with Crippen molar-refractivity contribution in [3.63, 3.8) is 0 Å². The largest absolute Gasteiger partial charge is 0.261 e. The van der Waals surface area contributed by atoms with Crippen LogP contribution in [0.25, 0.3) is 0 Å². The summed E-state index contributed by atoms with van der Waals surface area (Å²) in [5.41, 5.74) is 3.90. The zero-order chi connectivity index (χ0) is 16.1. The SMILES string of the molecule is CC.CCCC(C)CC.Cc1nccc(C(C)C)c1C. The topological polar surface area (TPSA) is 12.9 Å². The molecule has 0 radical (unpaired) electrons. The zero-order valence-corrected chi connectivity index (χ0v) is 15.4. The van der Waals surface area contributed by atoms with Gasteiger partial charge >= 0.3 is 0 Å². The fraction of sp³-hybridized carbons (Fsp3) is 0.737. The van der Waals surface area contributed by atoms with Crippen LogP contribution in [0.5, 0.6) is 0 Å². The Morgan fingerprint density at radius 3 is 1.90 bits per heavy atom. The van der Waals surface area contributed by atoms with Gasteiger partial charge in [0.15, 0.2) is 0 Å². The van der Waals surface area contributed by atoms with Crippen molar-refractivity contribution >= 4 is 0 Å². The average molecular weight is 280 g/mol. The summed E-state index contributed by atoms with van der Waals surface area (Å²) in [5, 5.41) is 0. The second-order valence-corrected chi connectivity index (χ2v) is 5.57. The molecule has 1 atom stereocenters. The molecule has 1 nitrogen and oxygen atoms in total. The van der Waals surface area contributed by atoms with E-state index in [2.05, 4.69) is 59.5 Å². The van der Waals surface area contributed by atoms with Gasteiger partial charge in [0.05, 0.1) is 0 Å². The Kier molecular flexibility index (Phi) is 14.1. The van der Waals surface area contributed by atoms with Crippen LogP contribution >= 0.6 is 0 Å². The Labute approximate surface area is 128 Å². The number of pyridine rings is 1. The normalized spacial score (nSPS) is 11.1. The molecule has 1 heteroatoms. The molecular formula is C19H37N. The van der Waals surface area contributed by atoms with Crippen molar-refractivity contribution in [2.45, 2.75) is 87.5 Å². The lowest BCUT2D eigenvalue weighted by molar-refractivity contribution is 0.509. The molecular weight excluding hydrogens is 242 g/mol. The number of nitrogens with zero attached hydrogens (tertiary/aromatic N) is 1. The van der Waals surface area contributed by atoms with E-state index in [1.54, 1.807) is 0 Å². The fourth-order valence-electron chi connectivity index (χ4n) is 1.98. The molecule has 118 valence electrons. The van der Waals surface area contributed by atoms with Crippen molar-refractivity contribution in [1.29, 1.82) is 0 Å². The molecule has 0 aliphatic rings. The van der Waals surface area contributed by atoms with Gasteiger partial charge in [0.1, 0.15) is 0 Å². The first-order chi connectivity index (χ1) is 9.43. The standard InChI is InChI=1S/C10H15N.C7H16.C2H6/c1-7(2)10-5-6-11-9(4)8(10)3;1-4-6-7(3)5-2;1-2/h5-7H,1-4H3;7H,4-6H2,1-3H3;1-2H3. The second-order valence-electron chi connectivity index (χ2n) is 5.57. The smallest absolute Gasteiger partial charge is 0.0404 e. The van der Waals surface area contributed by atoms with Crippen molar-refractivity contribution in [3.8, 4) is 0 Å². The van der Waals surface area contributed by atoms with Crippen LogP contribution in [-0.4, -0.2) is 4.98 Å². The van der Waals surface area contributed by atoms with E-state index < -0.39 is 0 Å². The number of aryl methyl sites for hydroxylation is 1. The Morgan fingerprint density at radius 2 is 1.60 bits per heavy atom. The van der Waals surface area contributed by atoms with Crippen LogP contribution in [0.15, 0.2) is 12.3 Å². The van der Waals surface area contributed by atoms with Crippen LogP contribution in [0.2, 0.25) is 0 Å². The maximum atomic E-state index is 4.22. The molecule has 0 saturated carbocycles. The summed E-state index contributed by atoms with van der Waals surface area (Å²) in [5.74, 6) is 1.56. The van der Waals surface area contributed by atoms with Crippen LogP contribution in [0.1, 0.15) is 90.5 Å². The van der Waals surface area contributed by atoms with Crippen molar-refractivity contribution < 1.29 is 0 Å². The molecule has 0 aliphatic heterocycles. The Balaban J connectivity index is 0. The van der Waals surface area contributed by atoms with Crippen molar-refractivity contribution in [1.82, 2.24) is 4.98 Å². The molecule has 0 amide bonds. The molecule has 1 heterocycles. The van der Waals surface area contributed by atoms with E-state index in [0.29, 0.717) is 5.92 Å². The second kappa shape index (κ2) is 13.1. The van der Waals surface area contributed by atoms with Gasteiger partial charge in [-0.25, -0.2) is 0 Å². The highest BCUT2D eigenvalue weighted by Crippen LogP contribution is 2.19. The number of hydrogen-bond donors (Lipinski definition) is 0. The summed E-state index contributed by atoms with van der Waals surface area (Å²) in [6.45, 7) is 19.4. The minimum Gasteiger partial charge on any atom is -0.261 e. The maximum Gasteiger partial charge on any atom is 0.0404 e. The monoisotopic (exact) mass is 279 g/mol. The van der Waals surface area contributed by atoms with Crippen molar-refractivity contribution in [3.05, 3.63) is 29.1 Å². The van der Waals surface area contributed by atoms with E-state index in [1.807, 2.05) is 20.0 Å². The molecule has 1 aromatic rings. The summed E-state index contributed by atoms with van der Waals surface area (Å²) >= 11 is 0. The molecule has 0 aromatic carbocycles. The van der Waals surface area contributed by atoms with E-state index in [-0.39, 0.29) is 0 Å². The lowest BCUT2D eigenvalue weighted by atomic mass is 9.98. The molecule has 0 spiro atoms. The van der Waals surface area contributed by atoms with Crippen LogP contribution in [0.3, 0.4) is 0 Å². The molecule has 1 aromatic heterocycles. The first-order valence-corrected chi connectivity index (χ1v) is 8.36. The van der Waals surface area contributed by atoms with Gasteiger partial charge in [-0.2, -0.15) is 0 Å². The Morgan fingerprint density at radius 1 is 1.05 bits per heavy atom. The minimum absolute atomic E-state index is 0.608. The average Bonchev–Trinajstić information content (AvgIpc) is 2.44. The van der Waals surface area contributed by atoms with Gasteiger partial charge in [0.2, 0.25) is 0 Å². The van der Waals surface area contributed by atoms with Gasteiger partial charge in [-0.3, -0.25) is 4.98 Å². The van der Waals surface area contributed by atoms with Gasteiger partial charge in [-0.1, -0.05) is 67.7 Å². The van der Waals surface area contributed by atoms with Gasteiger partial charge in [0.25, 0.3) is 0 Å². The summed E-state index contributed by atoms with van der Waals surface area (Å²) < 4.78 is 0. The number of rotatable bonds is 4. The molecule has 0 saturated heterocycles. The van der Waals surface area contributed by atoms with Crippen LogP contribution in [-0.2, 0) is 0 Å². The third-order valence-electron chi connectivity index (χ3n) is 3.60. The highest BCUT2D eigenvalue weighted by Gasteiger charge is 2.04. The first kappa shape index (κ1) is 21.4. The van der Waals surface area contributed by atoms with E-state index >= 15 is 0 Å². The zero-order valence-electron chi connectivity index (χ0n) is 15.4. The van der Waals surface area contributed by atoms with Crippen molar-refractivity contribution in [2.75, 3.05) is 0 Å². The lowest BCUT2D eigenvalue weighted by Gasteiger charge is -2.10. The summed E-state index contributed by atoms with van der Waals surface area (Å²) in [6, 6.07) is 2.10. The quantitative estimate of drug-likeness (QED) is 0.599. The lowest BCUT2D eigenvalue weighted by Crippen LogP contribution is -1.95. The van der Waals surface area contributed by atoms with Gasteiger partial charge in [-0.15, -0.1) is 0 Å². The molecule has 0 fully saturated rings. The Bertz CT molecular complexity index is 329. The highest BCUT2D eigenvalue weighted by molar-refractivity contribution is 5.29. The third kappa shape index (κ3) is 9.12. The fourth-order valence-corrected chi connectivity index (χ4v) is 1.98. The van der Waals surface area contributed by atoms with E-state index in [1.165, 1.54) is 30.4 Å². The molecule has 20 heavy (non-hydrogen) atoms. The summed E-state index contributed by atoms with van der Waals surface area (Å²) in [6.07, 6.45) is 5.97. The van der Waals surface area contributed by atoms with E-state index in [9.17, 15) is 0 Å². The number of aromatic nitrogens is 1. The van der Waals surface area contributed by atoms with Crippen LogP contribution < -0.4 is 0 Å². The van der Waals surface area contributed by atoms with E-state index in [0.717, 1.165) is 11.6 Å². The molecule has 0 bridgehead atoms. The Hall–Kier alpha value is -0.850. The highest BCUT2D eigenvalue weighted by atomic mass is 14.7.